The first-order chi connectivity index (χ1) is 16.8. The van der Waals surface area contributed by atoms with Gasteiger partial charge in [0.15, 0.2) is 17.5 Å². The van der Waals surface area contributed by atoms with E-state index in [2.05, 4.69) is 20.4 Å². The lowest BCUT2D eigenvalue weighted by Gasteiger charge is -2.16. The molecule has 0 atom stereocenters. The van der Waals surface area contributed by atoms with Gasteiger partial charge in [0.25, 0.3) is 5.91 Å². The molecule has 3 rings (SSSR count). The third-order valence-electron chi connectivity index (χ3n) is 4.62. The first-order valence-electron chi connectivity index (χ1n) is 10.4. The summed E-state index contributed by atoms with van der Waals surface area (Å²) >= 11 is 1.25. The van der Waals surface area contributed by atoms with Crippen molar-refractivity contribution in [3.05, 3.63) is 71.0 Å². The van der Waals surface area contributed by atoms with E-state index in [-0.39, 0.29) is 30.4 Å². The number of ether oxygens (including phenoxy) is 1. The third kappa shape index (κ3) is 7.13. The van der Waals surface area contributed by atoms with E-state index in [1.165, 1.54) is 42.6 Å². The summed E-state index contributed by atoms with van der Waals surface area (Å²) < 4.78 is 31.4. The monoisotopic (exact) mass is 519 g/mol. The smallest absolute Gasteiger partial charge is 0.280 e. The fraction of sp³-hybridized carbons (Fsp3) is 0.273. The van der Waals surface area contributed by atoms with Crippen molar-refractivity contribution in [2.24, 2.45) is 5.16 Å². The number of aliphatic hydroxyl groups excluding tert-OH is 1. The van der Waals surface area contributed by atoms with Crippen LogP contribution in [0.15, 0.2) is 64.9 Å². The van der Waals surface area contributed by atoms with E-state index in [0.29, 0.717) is 23.0 Å². The number of carbonyl (C=O) groups excluding carboxylic acids is 1. The second-order valence-electron chi connectivity index (χ2n) is 7.13. The summed E-state index contributed by atoms with van der Waals surface area (Å²) in [5.41, 5.74) is 0.881. The number of likely N-dealkylation sites (N-methyl/N-ethyl adjacent to an activating group) is 1. The van der Waals surface area contributed by atoms with Gasteiger partial charge in [-0.15, -0.1) is 0 Å². The fourth-order valence-electron chi connectivity index (χ4n) is 2.83. The molecular formula is C22H25N5O6S2. The summed E-state index contributed by atoms with van der Waals surface area (Å²) in [6.07, 6.45) is 3.21. The van der Waals surface area contributed by atoms with Crippen molar-refractivity contribution in [1.29, 1.82) is 0 Å². The molecule has 13 heteroatoms. The summed E-state index contributed by atoms with van der Waals surface area (Å²) in [5.74, 6) is -0.586. The fourth-order valence-corrected chi connectivity index (χ4v) is 4.77. The number of carbonyl (C=O) groups is 1. The predicted molar refractivity (Wildman–Crippen MR) is 130 cm³/mol. The zero-order valence-corrected chi connectivity index (χ0v) is 20.8. The van der Waals surface area contributed by atoms with Crippen molar-refractivity contribution < 1.29 is 27.9 Å². The Hall–Kier alpha value is -3.23. The topological polar surface area (TPSA) is 143 Å². The highest BCUT2D eigenvalue weighted by Crippen LogP contribution is 2.20. The van der Waals surface area contributed by atoms with Gasteiger partial charge in [-0.25, -0.2) is 13.4 Å². The Morgan fingerprint density at radius 3 is 2.60 bits per heavy atom. The van der Waals surface area contributed by atoms with Gasteiger partial charge in [0.05, 0.1) is 28.7 Å². The van der Waals surface area contributed by atoms with Crippen LogP contribution < -0.4 is 5.32 Å². The number of amides is 1. The zero-order chi connectivity index (χ0) is 25.3. The molecule has 2 heterocycles. The zero-order valence-electron chi connectivity index (χ0n) is 19.1. The van der Waals surface area contributed by atoms with E-state index >= 15 is 0 Å². The largest absolute Gasteiger partial charge is 0.395 e. The Morgan fingerprint density at radius 2 is 1.94 bits per heavy atom. The molecule has 0 spiro atoms. The molecule has 186 valence electrons. The molecule has 11 nitrogen and oxygen atoms in total. The predicted octanol–water partition coefficient (Wildman–Crippen LogP) is 1.86. The van der Waals surface area contributed by atoms with Gasteiger partial charge in [0.1, 0.15) is 0 Å². The number of aliphatic hydroxyl groups is 1. The van der Waals surface area contributed by atoms with Crippen LogP contribution >= 0.6 is 11.3 Å². The molecule has 35 heavy (non-hydrogen) atoms. The number of thiazole rings is 1. The van der Waals surface area contributed by atoms with Crippen LogP contribution in [0.4, 0.5) is 5.13 Å². The van der Waals surface area contributed by atoms with Crippen molar-refractivity contribution in [2.75, 3.05) is 32.6 Å². The van der Waals surface area contributed by atoms with Crippen LogP contribution in [0.2, 0.25) is 0 Å². The van der Waals surface area contributed by atoms with Gasteiger partial charge in [-0.2, -0.15) is 4.31 Å². The van der Waals surface area contributed by atoms with Gasteiger partial charge in [-0.3, -0.25) is 15.1 Å². The molecule has 1 aromatic carbocycles. The van der Waals surface area contributed by atoms with Crippen LogP contribution in [0.1, 0.15) is 16.1 Å². The number of hydrogen-bond donors (Lipinski definition) is 2. The summed E-state index contributed by atoms with van der Waals surface area (Å²) in [4.78, 5) is 27.6. The lowest BCUT2D eigenvalue weighted by atomic mass is 10.1. The van der Waals surface area contributed by atoms with Crippen LogP contribution in [-0.4, -0.2) is 66.7 Å². The first-order valence-corrected chi connectivity index (χ1v) is 12.6. The first kappa shape index (κ1) is 26.4. The van der Waals surface area contributed by atoms with Gasteiger partial charge in [0, 0.05) is 38.7 Å². The summed E-state index contributed by atoms with van der Waals surface area (Å²) in [6, 6.07) is 11.0. The second-order valence-corrected chi connectivity index (χ2v) is 10.3. The van der Waals surface area contributed by atoms with Crippen molar-refractivity contribution in [1.82, 2.24) is 14.3 Å². The molecule has 0 aliphatic rings. The minimum atomic E-state index is -3.79. The SMILES string of the molecule is COCc1cnc(NC(=O)C(=NOCc2ccccn2)c2ccc(S(=O)(=O)N(C)CCO)cc2)s1. The molecule has 1 amide bonds. The lowest BCUT2D eigenvalue weighted by Crippen LogP contribution is -2.29. The highest BCUT2D eigenvalue weighted by Gasteiger charge is 2.22. The summed E-state index contributed by atoms with van der Waals surface area (Å²) in [5, 5.41) is 16.1. The number of benzene rings is 1. The summed E-state index contributed by atoms with van der Waals surface area (Å²) in [7, 11) is -0.860. The van der Waals surface area contributed by atoms with E-state index in [1.807, 2.05) is 0 Å². The molecular weight excluding hydrogens is 494 g/mol. The third-order valence-corrected chi connectivity index (χ3v) is 7.38. The number of anilines is 1. The quantitative estimate of drug-likeness (QED) is 0.273. The van der Waals surface area contributed by atoms with Gasteiger partial charge in [-0.1, -0.05) is 34.7 Å². The Kier molecular flexibility index (Phi) is 9.39. The van der Waals surface area contributed by atoms with E-state index in [9.17, 15) is 13.2 Å². The molecule has 0 saturated heterocycles. The van der Waals surface area contributed by atoms with E-state index < -0.39 is 15.9 Å². The molecule has 0 unspecified atom stereocenters. The molecule has 0 bridgehead atoms. The Labute approximate surface area is 207 Å². The number of aromatic nitrogens is 2. The number of methoxy groups -OCH3 is 1. The average Bonchev–Trinajstić information content (AvgIpc) is 3.29. The second kappa shape index (κ2) is 12.5. The summed E-state index contributed by atoms with van der Waals surface area (Å²) in [6.45, 7) is 0.0499. The van der Waals surface area contributed by atoms with Gasteiger partial charge < -0.3 is 14.7 Å². The molecule has 0 aliphatic heterocycles. The van der Waals surface area contributed by atoms with E-state index in [1.54, 1.807) is 37.7 Å². The Balaban J connectivity index is 1.85. The van der Waals surface area contributed by atoms with Gasteiger partial charge >= 0.3 is 0 Å². The molecule has 0 aliphatic carbocycles. The molecule has 0 radical (unpaired) electrons. The minimum Gasteiger partial charge on any atom is -0.395 e. The molecule has 0 fully saturated rings. The van der Waals surface area contributed by atoms with Crippen molar-refractivity contribution in [3.63, 3.8) is 0 Å². The number of rotatable bonds is 12. The van der Waals surface area contributed by atoms with Crippen LogP contribution in [0.3, 0.4) is 0 Å². The van der Waals surface area contributed by atoms with E-state index in [4.69, 9.17) is 14.7 Å². The number of nitrogens with zero attached hydrogens (tertiary/aromatic N) is 4. The lowest BCUT2D eigenvalue weighted by molar-refractivity contribution is -0.110. The highest BCUT2D eigenvalue weighted by atomic mass is 32.2. The van der Waals surface area contributed by atoms with Crippen molar-refractivity contribution >= 4 is 38.1 Å². The van der Waals surface area contributed by atoms with Gasteiger partial charge in [0.2, 0.25) is 10.0 Å². The number of sulfonamides is 1. The van der Waals surface area contributed by atoms with Crippen LogP contribution in [-0.2, 0) is 37.6 Å². The molecule has 2 aromatic heterocycles. The maximum Gasteiger partial charge on any atom is 0.280 e. The number of oxime groups is 1. The maximum absolute atomic E-state index is 13.0. The molecule has 0 saturated carbocycles. The van der Waals surface area contributed by atoms with E-state index in [0.717, 1.165) is 9.18 Å². The molecule has 3 aromatic rings. The normalized spacial score (nSPS) is 12.1. The standard InChI is InChI=1S/C22H25N5O6S2/c1-27(11-12-28)35(30,31)19-8-6-16(7-9-19)20(26-33-14-17-5-3-4-10-23-17)21(29)25-22-24-13-18(34-22)15-32-2/h3-10,13,28H,11-12,14-15H2,1-2H3,(H,24,25,29). The van der Waals surface area contributed by atoms with Crippen molar-refractivity contribution in [2.45, 2.75) is 18.1 Å². The van der Waals surface area contributed by atoms with Gasteiger partial charge in [-0.05, 0) is 24.3 Å². The average molecular weight is 520 g/mol. The Bertz CT molecular complexity index is 1250. The number of hydrogen-bond acceptors (Lipinski definition) is 10. The number of pyridine rings is 1. The minimum absolute atomic E-state index is 0.00972. The molecule has 2 N–H and O–H groups in total. The van der Waals surface area contributed by atoms with Crippen LogP contribution in [0.25, 0.3) is 0 Å². The van der Waals surface area contributed by atoms with Crippen LogP contribution in [0, 0.1) is 0 Å². The maximum atomic E-state index is 13.0. The highest BCUT2D eigenvalue weighted by molar-refractivity contribution is 7.89. The van der Waals surface area contributed by atoms with Crippen molar-refractivity contribution in [3.8, 4) is 0 Å². The number of nitrogens with one attached hydrogen (secondary N) is 1. The Morgan fingerprint density at radius 1 is 1.17 bits per heavy atom. The van der Waals surface area contributed by atoms with Crippen LogP contribution in [0.5, 0.6) is 0 Å².